The molecule has 0 bridgehead atoms. The summed E-state index contributed by atoms with van der Waals surface area (Å²) in [5.41, 5.74) is 0. The van der Waals surface area contributed by atoms with Gasteiger partial charge in [-0.1, -0.05) is 0 Å². The van der Waals surface area contributed by atoms with Gasteiger partial charge in [0.1, 0.15) is 0 Å². The van der Waals surface area contributed by atoms with Gasteiger partial charge in [0.05, 0.1) is 42.3 Å². The zero-order chi connectivity index (χ0) is 17.8. The van der Waals surface area contributed by atoms with Crippen LogP contribution in [0.5, 0.6) is 0 Å². The third-order valence-electron chi connectivity index (χ3n) is 1.93. The van der Waals surface area contributed by atoms with E-state index >= 15 is 0 Å². The largest absolute Gasteiger partial charge is 0.462 e. The monoisotopic (exact) mass is 330 g/mol. The minimum atomic E-state index is -6.45. The summed E-state index contributed by atoms with van der Waals surface area (Å²) in [6, 6.07) is 0. The fourth-order valence-electron chi connectivity index (χ4n) is 1.37. The highest BCUT2D eigenvalue weighted by atomic mass is 19.4. The van der Waals surface area contributed by atoms with E-state index in [1.807, 2.05) is 42.3 Å². The Morgan fingerprint density at radius 1 is 0.810 bits per heavy atom. The highest BCUT2D eigenvalue weighted by Gasteiger charge is 2.73. The Labute approximate surface area is 118 Å². The maximum absolute atomic E-state index is 11.3. The number of guanidine groups is 1. The van der Waals surface area contributed by atoms with E-state index in [1.165, 1.54) is 5.96 Å². The highest BCUT2D eigenvalue weighted by Crippen LogP contribution is 2.44. The summed E-state index contributed by atoms with van der Waals surface area (Å²) in [5, 5.41) is 7.08. The molecular weight excluding hydrogens is 311 g/mol. The van der Waals surface area contributed by atoms with E-state index in [1.54, 1.807) is 0 Å². The van der Waals surface area contributed by atoms with Crippen LogP contribution in [0.25, 0.3) is 0 Å². The summed E-state index contributed by atoms with van der Waals surface area (Å²) in [7, 11) is 12.2. The zero-order valence-electron chi connectivity index (χ0n) is 12.4. The van der Waals surface area contributed by atoms with Crippen molar-refractivity contribution in [1.29, 1.82) is 0 Å². The lowest BCUT2D eigenvalue weighted by Gasteiger charge is -2.23. The topological polar surface area (TPSA) is 29.7 Å². The van der Waals surface area contributed by atoms with Crippen LogP contribution in [0, 0.1) is 0 Å². The molecule has 0 aliphatic heterocycles. The van der Waals surface area contributed by atoms with E-state index in [-0.39, 0.29) is 0 Å². The Morgan fingerprint density at radius 3 is 1.10 bits per heavy atom. The van der Waals surface area contributed by atoms with Gasteiger partial charge in [0.2, 0.25) is 0 Å². The Kier molecular flexibility index (Phi) is 7.49. The van der Waals surface area contributed by atoms with Gasteiger partial charge in [-0.05, 0) is 0 Å². The summed E-state index contributed by atoms with van der Waals surface area (Å²) >= 11 is 0. The summed E-state index contributed by atoms with van der Waals surface area (Å²) in [6.45, 7) is 0. The van der Waals surface area contributed by atoms with Crippen LogP contribution in [0.4, 0.5) is 30.7 Å². The zero-order valence-corrected chi connectivity index (χ0v) is 12.4. The van der Waals surface area contributed by atoms with E-state index < -0.39 is 18.2 Å². The first kappa shape index (κ1) is 22.0. The molecule has 0 aromatic heterocycles. The normalized spacial score (nSPS) is 12.3. The number of hydrogen-bond acceptors (Lipinski definition) is 1. The van der Waals surface area contributed by atoms with E-state index in [9.17, 15) is 30.7 Å². The average molecular weight is 330 g/mol. The van der Waals surface area contributed by atoms with Crippen molar-refractivity contribution in [3.8, 4) is 0 Å². The second-order valence-electron chi connectivity index (χ2n) is 4.60. The van der Waals surface area contributed by atoms with Crippen LogP contribution >= 0.6 is 0 Å². The van der Waals surface area contributed by atoms with E-state index in [0.29, 0.717) is 0 Å². The molecule has 4 nitrogen and oxygen atoms in total. The predicted octanol–water partition coefficient (Wildman–Crippen LogP) is 1.51. The van der Waals surface area contributed by atoms with Crippen molar-refractivity contribution < 1.29 is 40.4 Å². The van der Waals surface area contributed by atoms with Crippen LogP contribution < -0.4 is 0 Å². The van der Waals surface area contributed by atoms with Crippen molar-refractivity contribution >= 4 is 5.96 Å². The molecule has 0 heterocycles. The second-order valence-corrected chi connectivity index (χ2v) is 4.60. The quantitative estimate of drug-likeness (QED) is 0.342. The van der Waals surface area contributed by atoms with E-state index in [4.69, 9.17) is 5.11 Å². The van der Waals surface area contributed by atoms with Crippen molar-refractivity contribution in [1.82, 2.24) is 9.80 Å². The number of nitrogens with zero attached hydrogens (tertiary/aromatic N) is 3. The van der Waals surface area contributed by atoms with Crippen molar-refractivity contribution in [3.05, 3.63) is 0 Å². The van der Waals surface area contributed by atoms with E-state index in [2.05, 4.69) is 14.4 Å². The number of alkyl halides is 7. The van der Waals surface area contributed by atoms with Crippen LogP contribution in [-0.4, -0.2) is 85.9 Å². The van der Waals surface area contributed by atoms with Crippen molar-refractivity contribution in [2.75, 3.05) is 42.3 Å². The number of hydrogen-bond donors (Lipinski definition) is 1. The Morgan fingerprint density at radius 2 is 1.10 bits per heavy atom. The van der Waals surface area contributed by atoms with Gasteiger partial charge in [-0.15, -0.1) is 0 Å². The molecule has 0 amide bonds. The molecule has 11 heteroatoms. The predicted molar refractivity (Wildman–Crippen MR) is 62.7 cm³/mol. The maximum Gasteiger partial charge on any atom is 0.462 e. The number of halogens is 7. The Balaban J connectivity index is 0. The van der Waals surface area contributed by atoms with Crippen LogP contribution in [0.3, 0.4) is 0 Å². The summed E-state index contributed by atoms with van der Waals surface area (Å²) in [4.78, 5) is 4.17. The van der Waals surface area contributed by atoms with Crippen molar-refractivity contribution in [2.45, 2.75) is 18.2 Å². The molecule has 0 fully saturated rings. The minimum absolute atomic E-state index is 1.19. The lowest BCUT2D eigenvalue weighted by Crippen LogP contribution is -2.51. The van der Waals surface area contributed by atoms with Crippen molar-refractivity contribution in [3.63, 3.8) is 0 Å². The first-order valence-corrected chi connectivity index (χ1v) is 5.40. The van der Waals surface area contributed by atoms with Gasteiger partial charge >= 0.3 is 24.2 Å². The molecule has 128 valence electrons. The third-order valence-corrected chi connectivity index (χ3v) is 1.93. The van der Waals surface area contributed by atoms with Gasteiger partial charge in [-0.2, -0.15) is 30.7 Å². The van der Waals surface area contributed by atoms with Gasteiger partial charge in [0.25, 0.3) is 0 Å². The first-order chi connectivity index (χ1) is 8.96. The molecule has 0 unspecified atom stereocenters. The van der Waals surface area contributed by atoms with Gasteiger partial charge in [0.15, 0.2) is 0 Å². The molecule has 0 rings (SSSR count). The highest BCUT2D eigenvalue weighted by molar-refractivity contribution is 5.73. The van der Waals surface area contributed by atoms with E-state index in [0.717, 1.165) is 0 Å². The number of rotatable bonds is 1. The molecule has 0 aromatic rings. The smallest absolute Gasteiger partial charge is 0.331 e. The fraction of sp³-hybridized carbons (Fsp3) is 0.900. The molecule has 0 aliphatic rings. The Bertz CT molecular complexity index is 329. The molecule has 0 saturated heterocycles. The van der Waals surface area contributed by atoms with Gasteiger partial charge in [0, 0.05) is 0 Å². The molecule has 21 heavy (non-hydrogen) atoms. The standard InChI is InChI=1S/C7H18N3.C3HF7O/c1-8(2)7(9(3)4)10(5)6;4-1(5,2(6,7)8)3(9,10)11/h1-6H3;11H/q+1;. The molecule has 0 saturated carbocycles. The first-order valence-electron chi connectivity index (χ1n) is 5.40. The third kappa shape index (κ3) is 6.36. The van der Waals surface area contributed by atoms with Crippen molar-refractivity contribution in [2.24, 2.45) is 0 Å². The van der Waals surface area contributed by atoms with Gasteiger partial charge in [-0.25, -0.2) is 0 Å². The van der Waals surface area contributed by atoms with Gasteiger partial charge < -0.3 is 5.11 Å². The van der Waals surface area contributed by atoms with Crippen LogP contribution in [0.2, 0.25) is 0 Å². The summed E-state index contributed by atoms with van der Waals surface area (Å²) in [5.74, 6) is -5.21. The number of aliphatic hydroxyl groups is 1. The second kappa shape index (κ2) is 7.14. The van der Waals surface area contributed by atoms with Crippen LogP contribution in [-0.2, 0) is 0 Å². The summed E-state index contributed by atoms with van der Waals surface area (Å²) in [6.07, 6.45) is -12.5. The molecule has 0 spiro atoms. The molecular formula is C10H19F7N3O+. The molecule has 0 aromatic carbocycles. The minimum Gasteiger partial charge on any atom is -0.331 e. The SMILES string of the molecule is CN(C)C(N(C)C)=[N+](C)C.OC(F)(F)C(F)(F)C(F)(F)F. The van der Waals surface area contributed by atoms with Crippen LogP contribution in [0.1, 0.15) is 0 Å². The molecule has 1 N–H and O–H groups in total. The molecule has 0 atom stereocenters. The summed E-state index contributed by atoms with van der Waals surface area (Å²) < 4.78 is 79.7. The van der Waals surface area contributed by atoms with Gasteiger partial charge in [-0.3, -0.25) is 14.4 Å². The average Bonchev–Trinajstić information content (AvgIpc) is 2.11. The molecule has 0 radical (unpaired) electrons. The van der Waals surface area contributed by atoms with Crippen LogP contribution in [0.15, 0.2) is 0 Å². The Hall–Kier alpha value is -1.26. The molecule has 0 aliphatic carbocycles. The fourth-order valence-corrected chi connectivity index (χ4v) is 1.37. The maximum atomic E-state index is 11.3. The lowest BCUT2D eigenvalue weighted by atomic mass is 10.3. The lowest BCUT2D eigenvalue weighted by molar-refractivity contribution is -0.475.